The fourth-order valence-electron chi connectivity index (χ4n) is 11.9. The molecule has 4 aliphatic carbocycles. The minimum atomic E-state index is -5.42. The molecule has 2 aliphatic heterocycles. The Morgan fingerprint density at radius 1 is 0.420 bits per heavy atom. The van der Waals surface area contributed by atoms with E-state index in [1.54, 1.807) is 0 Å². The Balaban J connectivity index is 1.14. The molecule has 2 heterocycles. The fraction of sp³-hybridized carbons (Fsp3) is 0.0968. The van der Waals surface area contributed by atoms with Gasteiger partial charge in [-0.05, 0) is 0 Å². The number of nitrogens with zero attached hydrogens (tertiary/aromatic N) is 2. The molecule has 336 valence electrons. The molecule has 7 heteroatoms. The van der Waals surface area contributed by atoms with Gasteiger partial charge in [0.15, 0.2) is 0 Å². The van der Waals surface area contributed by atoms with Gasteiger partial charge in [0.1, 0.15) is 0 Å². The van der Waals surface area contributed by atoms with E-state index in [2.05, 4.69) is 24.3 Å². The van der Waals surface area contributed by atoms with Crippen molar-refractivity contribution in [2.45, 2.75) is 24.9 Å². The second-order valence-electron chi connectivity index (χ2n) is 18.2. The van der Waals surface area contributed by atoms with Crippen molar-refractivity contribution >= 4 is 30.5 Å². The molecule has 0 saturated heterocycles. The van der Waals surface area contributed by atoms with Gasteiger partial charge in [0.25, 0.3) is 0 Å². The molecule has 4 unspecified atom stereocenters. The summed E-state index contributed by atoms with van der Waals surface area (Å²) in [6, 6.07) is 44.6. The maximum absolute atomic E-state index is 19.3. The predicted octanol–water partition coefficient (Wildman–Crippen LogP) is 14.5. The number of hydrogen-bond acceptors (Lipinski definition) is 2. The molecule has 69 heavy (non-hydrogen) atoms. The molecule has 6 aliphatic rings. The van der Waals surface area contributed by atoms with Gasteiger partial charge in [-0.2, -0.15) is 0 Å². The number of allylic oxidation sites excluding steroid dienone is 14. The Labute approximate surface area is 404 Å². The Kier molecular flexibility index (Phi) is 11.0. The van der Waals surface area contributed by atoms with Crippen molar-refractivity contribution in [3.05, 3.63) is 295 Å². The summed E-state index contributed by atoms with van der Waals surface area (Å²) in [6.07, 6.45) is 28.4. The van der Waals surface area contributed by atoms with Crippen molar-refractivity contribution in [1.82, 2.24) is 0 Å². The second-order valence-corrected chi connectivity index (χ2v) is 24.1. The summed E-state index contributed by atoms with van der Waals surface area (Å²) in [5.41, 5.74) is 7.52. The van der Waals surface area contributed by atoms with Crippen LogP contribution in [0.5, 0.6) is 0 Å². The van der Waals surface area contributed by atoms with E-state index >= 15 is 17.6 Å². The quantitative estimate of drug-likeness (QED) is 0.0997. The first-order valence-electron chi connectivity index (χ1n) is 23.6. The van der Waals surface area contributed by atoms with Crippen LogP contribution in [0.4, 0.5) is 28.9 Å². The molecular formula is C62H46F4N2Ti. The third-order valence-corrected chi connectivity index (χ3v) is 22.6. The van der Waals surface area contributed by atoms with E-state index in [4.69, 9.17) is 0 Å². The third-order valence-electron chi connectivity index (χ3n) is 14.7. The van der Waals surface area contributed by atoms with Gasteiger partial charge in [0, 0.05) is 0 Å². The summed E-state index contributed by atoms with van der Waals surface area (Å²) in [4.78, 5) is 4.02. The van der Waals surface area contributed by atoms with E-state index in [1.165, 1.54) is 24.3 Å². The second kappa shape index (κ2) is 17.7. The molecule has 2 nitrogen and oxygen atoms in total. The summed E-state index contributed by atoms with van der Waals surface area (Å²) >= 11 is -5.42. The van der Waals surface area contributed by atoms with Crippen LogP contribution in [0.1, 0.15) is 47.2 Å². The average molecular weight is 943 g/mol. The van der Waals surface area contributed by atoms with Crippen LogP contribution in [-0.4, -0.2) is 0 Å². The summed E-state index contributed by atoms with van der Waals surface area (Å²) < 4.78 is 75.3. The van der Waals surface area contributed by atoms with Crippen LogP contribution in [0, 0.1) is 35.1 Å². The van der Waals surface area contributed by atoms with E-state index in [-0.39, 0.29) is 30.9 Å². The molecule has 0 N–H and O–H groups in total. The Bertz CT molecular complexity index is 3120. The number of fused-ring (bicyclic) bond motifs is 2. The molecule has 12 rings (SSSR count). The molecule has 0 amide bonds. The van der Waals surface area contributed by atoms with Crippen LogP contribution < -0.4 is 17.5 Å². The molecule has 6 aromatic carbocycles. The van der Waals surface area contributed by atoms with Crippen molar-refractivity contribution in [3.63, 3.8) is 0 Å². The first kappa shape index (κ1) is 43.1. The van der Waals surface area contributed by atoms with Crippen LogP contribution in [0.25, 0.3) is 11.4 Å². The van der Waals surface area contributed by atoms with E-state index in [9.17, 15) is 0 Å². The summed E-state index contributed by atoms with van der Waals surface area (Å²) in [5.74, 6) is -3.61. The zero-order chi connectivity index (χ0) is 46.6. The van der Waals surface area contributed by atoms with Gasteiger partial charge in [0.2, 0.25) is 0 Å². The Morgan fingerprint density at radius 3 is 1.19 bits per heavy atom. The van der Waals surface area contributed by atoms with Crippen LogP contribution in [0.2, 0.25) is 0 Å². The van der Waals surface area contributed by atoms with Crippen LogP contribution >= 0.6 is 0 Å². The van der Waals surface area contributed by atoms with Crippen LogP contribution in [0.15, 0.2) is 250 Å². The number of rotatable bonds is 10. The van der Waals surface area contributed by atoms with E-state index in [0.29, 0.717) is 20.6 Å². The predicted molar refractivity (Wildman–Crippen MR) is 269 cm³/mol. The van der Waals surface area contributed by atoms with Gasteiger partial charge in [-0.25, -0.2) is 0 Å². The number of hydrogen-bond donors (Lipinski definition) is 0. The summed E-state index contributed by atoms with van der Waals surface area (Å²) in [5, 5.41) is 0. The molecule has 0 spiro atoms. The van der Waals surface area contributed by atoms with Crippen molar-refractivity contribution in [3.8, 4) is 0 Å². The Hall–Kier alpha value is -7.25. The first-order chi connectivity index (χ1) is 34.0. The maximum atomic E-state index is 19.3. The van der Waals surface area contributed by atoms with Gasteiger partial charge in [0.05, 0.1) is 0 Å². The SMILES string of the molecule is Fc1ccc(N2C(c3ccccc3)=C3C=CC=CC3C2c2ccccc2)c(F)[c]1[Ti]([C]1=CC=CC1)([C]1=CC=CC1)[c]1c(F)ccc(N2C(c3ccccc3)=C3C=CC=CC3C2c2ccccc2)c1F. The first-order valence-corrected chi connectivity index (χ1v) is 26.8. The van der Waals surface area contributed by atoms with Crippen LogP contribution in [-0.2, 0) is 16.6 Å². The third kappa shape index (κ3) is 6.87. The van der Waals surface area contributed by atoms with Gasteiger partial charge in [-0.15, -0.1) is 0 Å². The number of benzene rings is 6. The zero-order valence-electron chi connectivity index (χ0n) is 37.6. The molecule has 0 saturated carbocycles. The molecule has 0 radical (unpaired) electrons. The normalized spacial score (nSPS) is 21.2. The van der Waals surface area contributed by atoms with Gasteiger partial charge in [-0.1, -0.05) is 0 Å². The van der Waals surface area contributed by atoms with Crippen molar-refractivity contribution in [2.75, 3.05) is 9.80 Å². The van der Waals surface area contributed by atoms with Crippen LogP contribution in [0.3, 0.4) is 0 Å². The topological polar surface area (TPSA) is 6.48 Å². The van der Waals surface area contributed by atoms with E-state index in [0.717, 1.165) is 44.8 Å². The van der Waals surface area contributed by atoms with Gasteiger partial charge >= 0.3 is 406 Å². The monoisotopic (exact) mass is 942 g/mol. The average Bonchev–Trinajstić information content (AvgIpc) is 4.24. The van der Waals surface area contributed by atoms with Gasteiger partial charge in [-0.3, -0.25) is 0 Å². The van der Waals surface area contributed by atoms with Gasteiger partial charge < -0.3 is 0 Å². The number of halogens is 4. The minimum absolute atomic E-state index is 0.148. The fourth-order valence-corrected chi connectivity index (χ4v) is 20.2. The molecular weight excluding hydrogens is 897 g/mol. The molecule has 0 aromatic heterocycles. The van der Waals surface area contributed by atoms with Crippen molar-refractivity contribution in [1.29, 1.82) is 0 Å². The van der Waals surface area contributed by atoms with E-state index < -0.39 is 51.9 Å². The Morgan fingerprint density at radius 2 is 0.812 bits per heavy atom. The zero-order valence-corrected chi connectivity index (χ0v) is 39.1. The number of anilines is 2. The standard InChI is InChI=1S/2C26H18F2N.2C5H5.Ti/c2*27-20-15-16-24(23(28)17-20)29-25(18-9-3-1-4-10-18)21-13-7-8-14-22(21)26(29)19-11-5-2-6-12-19;2*1-2-4-5-3-1;/h2*1-16,21,25H;2*1-3H,4H2;. The molecule has 0 bridgehead atoms. The van der Waals surface area contributed by atoms with E-state index in [1.807, 2.05) is 192 Å². The molecule has 4 atom stereocenters. The summed E-state index contributed by atoms with van der Waals surface area (Å²) in [6.45, 7) is 0. The van der Waals surface area contributed by atoms with Crippen molar-refractivity contribution < 1.29 is 34.2 Å². The molecule has 6 aromatic rings. The molecule has 0 fully saturated rings. The van der Waals surface area contributed by atoms with Crippen molar-refractivity contribution in [2.24, 2.45) is 11.8 Å². The summed E-state index contributed by atoms with van der Waals surface area (Å²) in [7, 11) is 0.